The summed E-state index contributed by atoms with van der Waals surface area (Å²) in [5.41, 5.74) is 7.72. The Hall–Kier alpha value is -1.02. The van der Waals surface area contributed by atoms with E-state index in [1.807, 2.05) is 0 Å². The third-order valence-corrected chi connectivity index (χ3v) is 4.19. The lowest BCUT2D eigenvalue weighted by Gasteiger charge is -2.32. The third kappa shape index (κ3) is 3.49. The maximum absolute atomic E-state index is 6.42. The van der Waals surface area contributed by atoms with Gasteiger partial charge >= 0.3 is 0 Å². The van der Waals surface area contributed by atoms with Crippen LogP contribution in [0.3, 0.4) is 0 Å². The minimum absolute atomic E-state index is 0.324. The van der Waals surface area contributed by atoms with Gasteiger partial charge in [-0.05, 0) is 37.8 Å². The van der Waals surface area contributed by atoms with E-state index in [-0.39, 0.29) is 0 Å². The standard InChI is InChI=1S/C16H26N2/c1-2-18(15-11-7-4-8-12-15)13-16(17)14-9-5-3-6-10-14/h4,7-8,11-12,14,16H,2-3,5-6,9-10,13,17H2,1H3. The van der Waals surface area contributed by atoms with Crippen molar-refractivity contribution in [3.63, 3.8) is 0 Å². The summed E-state index contributed by atoms with van der Waals surface area (Å²) in [4.78, 5) is 2.40. The lowest BCUT2D eigenvalue weighted by molar-refractivity contribution is 0.305. The van der Waals surface area contributed by atoms with Gasteiger partial charge < -0.3 is 10.6 Å². The van der Waals surface area contributed by atoms with Gasteiger partial charge in [0.2, 0.25) is 0 Å². The zero-order chi connectivity index (χ0) is 12.8. The van der Waals surface area contributed by atoms with Gasteiger partial charge in [0.05, 0.1) is 0 Å². The Kier molecular flexibility index (Phi) is 5.06. The van der Waals surface area contributed by atoms with Crippen molar-refractivity contribution in [2.24, 2.45) is 11.7 Å². The molecule has 2 N–H and O–H groups in total. The average Bonchev–Trinajstić information content (AvgIpc) is 2.46. The molecule has 1 unspecified atom stereocenters. The van der Waals surface area contributed by atoms with Crippen LogP contribution in [0.5, 0.6) is 0 Å². The van der Waals surface area contributed by atoms with E-state index in [2.05, 4.69) is 42.2 Å². The van der Waals surface area contributed by atoms with Crippen LogP contribution in [-0.2, 0) is 0 Å². The molecule has 2 nitrogen and oxygen atoms in total. The zero-order valence-corrected chi connectivity index (χ0v) is 11.5. The first kappa shape index (κ1) is 13.4. The third-order valence-electron chi connectivity index (χ3n) is 4.19. The number of hydrogen-bond acceptors (Lipinski definition) is 2. The zero-order valence-electron chi connectivity index (χ0n) is 11.5. The van der Waals surface area contributed by atoms with Crippen molar-refractivity contribution in [3.05, 3.63) is 30.3 Å². The van der Waals surface area contributed by atoms with Crippen LogP contribution in [0.1, 0.15) is 39.0 Å². The molecule has 100 valence electrons. The summed E-state index contributed by atoms with van der Waals surface area (Å²) in [6.07, 6.45) is 6.80. The van der Waals surface area contributed by atoms with E-state index in [4.69, 9.17) is 5.73 Å². The fraction of sp³-hybridized carbons (Fsp3) is 0.625. The summed E-state index contributed by atoms with van der Waals surface area (Å²) < 4.78 is 0. The quantitative estimate of drug-likeness (QED) is 0.862. The first-order valence-electron chi connectivity index (χ1n) is 7.37. The Morgan fingerprint density at radius 2 is 1.83 bits per heavy atom. The molecule has 1 aromatic carbocycles. The Bertz CT molecular complexity index is 330. The van der Waals surface area contributed by atoms with Crippen molar-refractivity contribution in [2.45, 2.75) is 45.1 Å². The normalized spacial score (nSPS) is 18.6. The van der Waals surface area contributed by atoms with E-state index >= 15 is 0 Å². The molecule has 2 rings (SSSR count). The smallest absolute Gasteiger partial charge is 0.0366 e. The molecule has 1 aromatic rings. The minimum atomic E-state index is 0.324. The maximum atomic E-state index is 6.42. The topological polar surface area (TPSA) is 29.3 Å². The lowest BCUT2D eigenvalue weighted by atomic mass is 9.84. The molecule has 18 heavy (non-hydrogen) atoms. The Labute approximate surface area is 111 Å². The van der Waals surface area contributed by atoms with Gasteiger partial charge in [-0.25, -0.2) is 0 Å². The number of hydrogen-bond donors (Lipinski definition) is 1. The molecular formula is C16H26N2. The maximum Gasteiger partial charge on any atom is 0.0366 e. The van der Waals surface area contributed by atoms with E-state index in [0.717, 1.165) is 19.0 Å². The number of nitrogens with zero attached hydrogens (tertiary/aromatic N) is 1. The molecule has 2 heteroatoms. The highest BCUT2D eigenvalue weighted by atomic mass is 15.1. The molecule has 1 fully saturated rings. The molecule has 0 saturated heterocycles. The highest BCUT2D eigenvalue weighted by molar-refractivity contribution is 5.45. The van der Waals surface area contributed by atoms with E-state index in [1.165, 1.54) is 37.8 Å². The van der Waals surface area contributed by atoms with Crippen molar-refractivity contribution in [1.82, 2.24) is 0 Å². The van der Waals surface area contributed by atoms with Crippen molar-refractivity contribution in [3.8, 4) is 0 Å². The molecule has 0 heterocycles. The van der Waals surface area contributed by atoms with Crippen LogP contribution >= 0.6 is 0 Å². The Balaban J connectivity index is 1.93. The van der Waals surface area contributed by atoms with E-state index in [1.54, 1.807) is 0 Å². The van der Waals surface area contributed by atoms with E-state index in [9.17, 15) is 0 Å². The number of likely N-dealkylation sites (N-methyl/N-ethyl adjacent to an activating group) is 1. The largest absolute Gasteiger partial charge is 0.370 e. The predicted octanol–water partition coefficient (Wildman–Crippen LogP) is 3.42. The number of para-hydroxylation sites is 1. The summed E-state index contributed by atoms with van der Waals surface area (Å²) in [6.45, 7) is 4.23. The second kappa shape index (κ2) is 6.79. The van der Waals surface area contributed by atoms with Gasteiger partial charge in [0.1, 0.15) is 0 Å². The van der Waals surface area contributed by atoms with Crippen LogP contribution in [0.2, 0.25) is 0 Å². The molecule has 1 atom stereocenters. The number of anilines is 1. The highest BCUT2D eigenvalue weighted by Gasteiger charge is 2.22. The molecule has 0 aliphatic heterocycles. The minimum Gasteiger partial charge on any atom is -0.370 e. The van der Waals surface area contributed by atoms with Gasteiger partial charge in [-0.3, -0.25) is 0 Å². The van der Waals surface area contributed by atoms with Crippen molar-refractivity contribution in [2.75, 3.05) is 18.0 Å². The number of rotatable bonds is 5. The van der Waals surface area contributed by atoms with Gasteiger partial charge in [0.15, 0.2) is 0 Å². The predicted molar refractivity (Wildman–Crippen MR) is 78.9 cm³/mol. The summed E-state index contributed by atoms with van der Waals surface area (Å²) in [6, 6.07) is 11.0. The Morgan fingerprint density at radius 3 is 2.44 bits per heavy atom. The molecule has 0 amide bonds. The molecule has 1 aliphatic carbocycles. The van der Waals surface area contributed by atoms with E-state index in [0.29, 0.717) is 6.04 Å². The molecule has 1 saturated carbocycles. The van der Waals surface area contributed by atoms with Crippen LogP contribution in [0.15, 0.2) is 30.3 Å². The van der Waals surface area contributed by atoms with Gasteiger partial charge in [-0.2, -0.15) is 0 Å². The molecule has 0 radical (unpaired) electrons. The van der Waals surface area contributed by atoms with Crippen LogP contribution in [-0.4, -0.2) is 19.1 Å². The molecule has 0 aromatic heterocycles. The monoisotopic (exact) mass is 246 g/mol. The Morgan fingerprint density at radius 1 is 1.17 bits per heavy atom. The average molecular weight is 246 g/mol. The summed E-state index contributed by atoms with van der Waals surface area (Å²) in [5, 5.41) is 0. The lowest BCUT2D eigenvalue weighted by Crippen LogP contribution is -2.43. The van der Waals surface area contributed by atoms with Gasteiger partial charge in [0.25, 0.3) is 0 Å². The van der Waals surface area contributed by atoms with Crippen LogP contribution in [0.4, 0.5) is 5.69 Å². The number of benzene rings is 1. The second-order valence-electron chi connectivity index (χ2n) is 5.44. The summed E-state index contributed by atoms with van der Waals surface area (Å²) in [5.74, 6) is 0.733. The fourth-order valence-corrected chi connectivity index (χ4v) is 3.02. The van der Waals surface area contributed by atoms with Crippen LogP contribution in [0, 0.1) is 5.92 Å². The SMILES string of the molecule is CCN(CC(N)C1CCCCC1)c1ccccc1. The molecule has 0 bridgehead atoms. The van der Waals surface area contributed by atoms with Crippen molar-refractivity contribution >= 4 is 5.69 Å². The molecule has 0 spiro atoms. The summed E-state index contributed by atoms with van der Waals surface area (Å²) in [7, 11) is 0. The van der Waals surface area contributed by atoms with Gasteiger partial charge in [-0.15, -0.1) is 0 Å². The highest BCUT2D eigenvalue weighted by Crippen LogP contribution is 2.26. The van der Waals surface area contributed by atoms with Crippen molar-refractivity contribution in [1.29, 1.82) is 0 Å². The molecular weight excluding hydrogens is 220 g/mol. The second-order valence-corrected chi connectivity index (χ2v) is 5.44. The van der Waals surface area contributed by atoms with Crippen molar-refractivity contribution < 1.29 is 0 Å². The van der Waals surface area contributed by atoms with Gasteiger partial charge in [0, 0.05) is 24.8 Å². The first-order valence-corrected chi connectivity index (χ1v) is 7.37. The van der Waals surface area contributed by atoms with Crippen LogP contribution in [0.25, 0.3) is 0 Å². The summed E-state index contributed by atoms with van der Waals surface area (Å²) >= 11 is 0. The van der Waals surface area contributed by atoms with Gasteiger partial charge in [-0.1, -0.05) is 37.5 Å². The first-order chi connectivity index (χ1) is 8.81. The van der Waals surface area contributed by atoms with E-state index < -0.39 is 0 Å². The molecule has 1 aliphatic rings. The fourth-order valence-electron chi connectivity index (χ4n) is 3.02. The van der Waals surface area contributed by atoms with Crippen LogP contribution < -0.4 is 10.6 Å². The number of nitrogens with two attached hydrogens (primary N) is 1.